The summed E-state index contributed by atoms with van der Waals surface area (Å²) in [5.41, 5.74) is 2.16. The number of amides is 1. The molecule has 1 aliphatic heterocycles. The van der Waals surface area contributed by atoms with Crippen LogP contribution in [0.4, 0.5) is 17.3 Å². The second-order valence-electron chi connectivity index (χ2n) is 5.88. The van der Waals surface area contributed by atoms with Crippen molar-refractivity contribution in [2.75, 3.05) is 36.4 Å². The van der Waals surface area contributed by atoms with E-state index < -0.39 is 0 Å². The zero-order valence-corrected chi connectivity index (χ0v) is 15.4. The number of nitrogens with zero attached hydrogens (tertiary/aromatic N) is 4. The van der Waals surface area contributed by atoms with Gasteiger partial charge in [0.05, 0.1) is 0 Å². The van der Waals surface area contributed by atoms with Crippen LogP contribution in [-0.4, -0.2) is 47.5 Å². The minimum atomic E-state index is 0.721. The van der Waals surface area contributed by atoms with Gasteiger partial charge in [-0.15, -0.1) is 0 Å². The maximum Gasteiger partial charge on any atom is 0.209 e. The van der Waals surface area contributed by atoms with E-state index in [-0.39, 0.29) is 0 Å². The number of piperazine rings is 1. The van der Waals surface area contributed by atoms with Crippen molar-refractivity contribution < 1.29 is 4.79 Å². The minimum absolute atomic E-state index is 0.721. The van der Waals surface area contributed by atoms with Crippen LogP contribution in [0.5, 0.6) is 0 Å². The molecular formula is C17H20BrN5O. The summed E-state index contributed by atoms with van der Waals surface area (Å²) in [4.78, 5) is 23.8. The zero-order chi connectivity index (χ0) is 17.1. The third-order valence-corrected chi connectivity index (χ3v) is 4.91. The van der Waals surface area contributed by atoms with E-state index in [1.165, 1.54) is 5.56 Å². The number of anilines is 3. The highest BCUT2D eigenvalue weighted by Crippen LogP contribution is 2.24. The Balaban J connectivity index is 1.78. The average molecular weight is 390 g/mol. The largest absolute Gasteiger partial charge is 0.353 e. The number of aryl methyl sites for hydroxylation is 2. The molecule has 0 radical (unpaired) electrons. The molecule has 2 aromatic rings. The molecule has 0 unspecified atom stereocenters. The van der Waals surface area contributed by atoms with Gasteiger partial charge in [0.1, 0.15) is 17.5 Å². The standard InChI is InChI=1S/C17H20BrN5O/c1-12-3-4-14(9-15(12)18)21-16-10-17(20-13(2)19-16)23-7-5-22(11-24)6-8-23/h3-4,9-11H,5-8H2,1-2H3,(H,19,20,21). The van der Waals surface area contributed by atoms with Crippen molar-refractivity contribution in [3.8, 4) is 0 Å². The third kappa shape index (κ3) is 3.84. The molecule has 1 amide bonds. The van der Waals surface area contributed by atoms with Crippen molar-refractivity contribution >= 4 is 39.7 Å². The molecule has 6 nitrogen and oxygen atoms in total. The van der Waals surface area contributed by atoms with E-state index in [0.29, 0.717) is 0 Å². The van der Waals surface area contributed by atoms with E-state index in [0.717, 1.165) is 60.2 Å². The fraction of sp³-hybridized carbons (Fsp3) is 0.353. The highest BCUT2D eigenvalue weighted by atomic mass is 79.9. The van der Waals surface area contributed by atoms with Crippen molar-refractivity contribution in [2.45, 2.75) is 13.8 Å². The molecule has 3 rings (SSSR count). The van der Waals surface area contributed by atoms with Crippen LogP contribution in [0.2, 0.25) is 0 Å². The molecule has 24 heavy (non-hydrogen) atoms. The molecule has 0 atom stereocenters. The Hall–Kier alpha value is -2.15. The quantitative estimate of drug-likeness (QED) is 0.814. The zero-order valence-electron chi connectivity index (χ0n) is 13.8. The monoisotopic (exact) mass is 389 g/mol. The number of carbonyl (C=O) groups is 1. The van der Waals surface area contributed by atoms with Gasteiger partial charge in [0, 0.05) is 42.4 Å². The van der Waals surface area contributed by atoms with Crippen LogP contribution < -0.4 is 10.2 Å². The second-order valence-corrected chi connectivity index (χ2v) is 6.73. The number of carbonyl (C=O) groups excluding carboxylic acids is 1. The molecule has 1 aromatic heterocycles. The summed E-state index contributed by atoms with van der Waals surface area (Å²) in [7, 11) is 0. The Morgan fingerprint density at radius 3 is 2.54 bits per heavy atom. The van der Waals surface area contributed by atoms with Gasteiger partial charge >= 0.3 is 0 Å². The summed E-state index contributed by atoms with van der Waals surface area (Å²) in [6, 6.07) is 8.08. The van der Waals surface area contributed by atoms with Gasteiger partial charge in [-0.2, -0.15) is 0 Å². The predicted molar refractivity (Wildman–Crippen MR) is 98.8 cm³/mol. The Kier molecular flexibility index (Phi) is 4.99. The highest BCUT2D eigenvalue weighted by molar-refractivity contribution is 9.10. The molecular weight excluding hydrogens is 370 g/mol. The summed E-state index contributed by atoms with van der Waals surface area (Å²) >= 11 is 3.55. The molecule has 0 aliphatic carbocycles. The van der Waals surface area contributed by atoms with E-state index in [4.69, 9.17) is 0 Å². The molecule has 1 aliphatic rings. The van der Waals surface area contributed by atoms with Crippen molar-refractivity contribution in [2.24, 2.45) is 0 Å². The van der Waals surface area contributed by atoms with E-state index in [1.807, 2.05) is 25.1 Å². The van der Waals surface area contributed by atoms with Crippen molar-refractivity contribution in [3.05, 3.63) is 40.1 Å². The number of halogens is 1. The Morgan fingerprint density at radius 2 is 1.88 bits per heavy atom. The van der Waals surface area contributed by atoms with Crippen LogP contribution in [0.25, 0.3) is 0 Å². The summed E-state index contributed by atoms with van der Waals surface area (Å²) < 4.78 is 1.06. The van der Waals surface area contributed by atoms with E-state index in [9.17, 15) is 4.79 Å². The van der Waals surface area contributed by atoms with Crippen LogP contribution >= 0.6 is 15.9 Å². The number of hydrogen-bond donors (Lipinski definition) is 1. The predicted octanol–water partition coefficient (Wildman–Crippen LogP) is 2.88. The van der Waals surface area contributed by atoms with Crippen LogP contribution in [0.1, 0.15) is 11.4 Å². The molecule has 2 heterocycles. The lowest BCUT2D eigenvalue weighted by Crippen LogP contribution is -2.46. The van der Waals surface area contributed by atoms with Gasteiger partial charge in [0.15, 0.2) is 0 Å². The van der Waals surface area contributed by atoms with Gasteiger partial charge in [-0.3, -0.25) is 4.79 Å². The van der Waals surface area contributed by atoms with Crippen molar-refractivity contribution in [3.63, 3.8) is 0 Å². The lowest BCUT2D eigenvalue weighted by Gasteiger charge is -2.33. The normalized spacial score (nSPS) is 14.6. The maximum atomic E-state index is 10.8. The fourth-order valence-electron chi connectivity index (χ4n) is 2.65. The topological polar surface area (TPSA) is 61.4 Å². The molecule has 1 saturated heterocycles. The molecule has 0 spiro atoms. The average Bonchev–Trinajstić information content (AvgIpc) is 2.58. The lowest BCUT2D eigenvalue weighted by atomic mass is 10.2. The van der Waals surface area contributed by atoms with Crippen LogP contribution in [-0.2, 0) is 4.79 Å². The highest BCUT2D eigenvalue weighted by Gasteiger charge is 2.17. The molecule has 0 saturated carbocycles. The number of aromatic nitrogens is 2. The Bertz CT molecular complexity index is 744. The number of nitrogens with one attached hydrogen (secondary N) is 1. The fourth-order valence-corrected chi connectivity index (χ4v) is 3.03. The number of rotatable bonds is 4. The minimum Gasteiger partial charge on any atom is -0.353 e. The van der Waals surface area contributed by atoms with Crippen molar-refractivity contribution in [1.29, 1.82) is 0 Å². The van der Waals surface area contributed by atoms with Crippen LogP contribution in [0.3, 0.4) is 0 Å². The Morgan fingerprint density at radius 1 is 1.12 bits per heavy atom. The summed E-state index contributed by atoms with van der Waals surface area (Å²) in [6.45, 7) is 6.96. The molecule has 1 aromatic carbocycles. The van der Waals surface area contributed by atoms with Gasteiger partial charge in [-0.05, 0) is 31.5 Å². The molecule has 0 bridgehead atoms. The van der Waals surface area contributed by atoms with Crippen LogP contribution in [0.15, 0.2) is 28.7 Å². The summed E-state index contributed by atoms with van der Waals surface area (Å²) in [6.07, 6.45) is 0.908. The smallest absolute Gasteiger partial charge is 0.209 e. The lowest BCUT2D eigenvalue weighted by molar-refractivity contribution is -0.118. The van der Waals surface area contributed by atoms with Crippen molar-refractivity contribution in [1.82, 2.24) is 14.9 Å². The third-order valence-electron chi connectivity index (χ3n) is 4.06. The van der Waals surface area contributed by atoms with E-state index in [2.05, 4.69) is 49.1 Å². The summed E-state index contributed by atoms with van der Waals surface area (Å²) in [5, 5.41) is 3.34. The van der Waals surface area contributed by atoms with Gasteiger partial charge in [0.2, 0.25) is 6.41 Å². The Labute approximate surface area is 150 Å². The molecule has 126 valence electrons. The first kappa shape index (κ1) is 16.7. The van der Waals surface area contributed by atoms with Crippen LogP contribution in [0, 0.1) is 13.8 Å². The maximum absolute atomic E-state index is 10.8. The SMILES string of the molecule is Cc1nc(Nc2ccc(C)c(Br)c2)cc(N2CCN(C=O)CC2)n1. The van der Waals surface area contributed by atoms with Gasteiger partial charge in [0.25, 0.3) is 0 Å². The number of hydrogen-bond acceptors (Lipinski definition) is 5. The number of benzene rings is 1. The first-order valence-corrected chi connectivity index (χ1v) is 8.67. The molecule has 1 N–H and O–H groups in total. The first-order valence-electron chi connectivity index (χ1n) is 7.88. The van der Waals surface area contributed by atoms with E-state index in [1.54, 1.807) is 4.90 Å². The molecule has 7 heteroatoms. The first-order chi connectivity index (χ1) is 11.5. The van der Waals surface area contributed by atoms with Gasteiger partial charge < -0.3 is 15.1 Å². The van der Waals surface area contributed by atoms with E-state index >= 15 is 0 Å². The summed E-state index contributed by atoms with van der Waals surface area (Å²) in [5.74, 6) is 2.38. The second kappa shape index (κ2) is 7.17. The molecule has 1 fully saturated rings. The van der Waals surface area contributed by atoms with Gasteiger partial charge in [-0.1, -0.05) is 22.0 Å². The van der Waals surface area contributed by atoms with Gasteiger partial charge in [-0.25, -0.2) is 9.97 Å².